The number of carbonyl (C=O) groups excluding carboxylic acids is 3. The van der Waals surface area contributed by atoms with Gasteiger partial charge in [-0.3, -0.25) is 9.59 Å². The van der Waals surface area contributed by atoms with Crippen molar-refractivity contribution in [3.05, 3.63) is 65.2 Å². The van der Waals surface area contributed by atoms with E-state index in [-0.39, 0.29) is 23.3 Å². The lowest BCUT2D eigenvalue weighted by Crippen LogP contribution is -2.42. The van der Waals surface area contributed by atoms with Gasteiger partial charge in [0.15, 0.2) is 6.10 Å². The first-order valence-electron chi connectivity index (χ1n) is 8.81. The summed E-state index contributed by atoms with van der Waals surface area (Å²) in [6.07, 6.45) is -1.16. The van der Waals surface area contributed by atoms with Gasteiger partial charge in [-0.2, -0.15) is 0 Å². The summed E-state index contributed by atoms with van der Waals surface area (Å²) in [5, 5.41) is 10.0. The first-order chi connectivity index (χ1) is 13.2. The monoisotopic (exact) mass is 383 g/mol. The van der Waals surface area contributed by atoms with Crippen LogP contribution in [-0.2, 0) is 20.8 Å². The van der Waals surface area contributed by atoms with Crippen LogP contribution < -0.4 is 0 Å². The molecule has 2 aromatic carbocycles. The van der Waals surface area contributed by atoms with E-state index in [1.807, 2.05) is 0 Å². The van der Waals surface area contributed by atoms with E-state index < -0.39 is 29.5 Å². The molecule has 0 spiro atoms. The van der Waals surface area contributed by atoms with Crippen LogP contribution in [0.1, 0.15) is 47.1 Å². The Morgan fingerprint density at radius 2 is 1.54 bits per heavy atom. The zero-order valence-corrected chi connectivity index (χ0v) is 15.8. The number of phenolic OH excluding ortho intramolecular Hbond substituents is 1. The van der Waals surface area contributed by atoms with E-state index in [2.05, 4.69) is 0 Å². The third kappa shape index (κ3) is 4.20. The van der Waals surface area contributed by atoms with Gasteiger partial charge < -0.3 is 9.84 Å². The van der Waals surface area contributed by atoms with Crippen molar-refractivity contribution in [3.8, 4) is 5.75 Å². The third-order valence-corrected chi connectivity index (χ3v) is 4.02. The first-order valence-corrected chi connectivity index (χ1v) is 8.81. The Kier molecular flexibility index (Phi) is 5.20. The van der Waals surface area contributed by atoms with Gasteiger partial charge in [-0.1, -0.05) is 24.3 Å². The minimum Gasteiger partial charge on any atom is -0.508 e. The van der Waals surface area contributed by atoms with Crippen molar-refractivity contribution in [2.24, 2.45) is 0 Å². The molecule has 7 heteroatoms. The molecular formula is C21H21NO6. The van der Waals surface area contributed by atoms with E-state index >= 15 is 0 Å². The molecule has 0 aromatic heterocycles. The Labute approximate surface area is 162 Å². The van der Waals surface area contributed by atoms with Gasteiger partial charge in [-0.15, -0.1) is 5.06 Å². The van der Waals surface area contributed by atoms with Crippen LogP contribution >= 0.6 is 0 Å². The van der Waals surface area contributed by atoms with E-state index in [1.165, 1.54) is 24.3 Å². The van der Waals surface area contributed by atoms with Gasteiger partial charge in [-0.25, -0.2) is 9.63 Å². The second kappa shape index (κ2) is 7.44. The van der Waals surface area contributed by atoms with Gasteiger partial charge in [-0.05, 0) is 50.6 Å². The van der Waals surface area contributed by atoms with Crippen LogP contribution in [0.5, 0.6) is 5.75 Å². The second-order valence-corrected chi connectivity index (χ2v) is 7.45. The lowest BCUT2D eigenvalue weighted by molar-refractivity contribution is -0.189. The summed E-state index contributed by atoms with van der Waals surface area (Å²) >= 11 is 0. The maximum absolute atomic E-state index is 12.7. The van der Waals surface area contributed by atoms with Crippen LogP contribution in [0.25, 0.3) is 0 Å². The van der Waals surface area contributed by atoms with Gasteiger partial charge in [0.05, 0.1) is 11.1 Å². The predicted octanol–water partition coefficient (Wildman–Crippen LogP) is 2.87. The summed E-state index contributed by atoms with van der Waals surface area (Å²) in [6, 6.07) is 12.6. The molecule has 0 aliphatic carbocycles. The largest absolute Gasteiger partial charge is 0.508 e. The standard InChI is InChI=1S/C21H21NO6/c1-21(2,3)27-20(26)17(12-13-8-10-14(23)11-9-13)28-22-18(24)15-6-4-5-7-16(15)19(22)25/h4-11,17,23H,12H2,1-3H3/t17-/m1/s1. The van der Waals surface area contributed by atoms with Crippen LogP contribution in [-0.4, -0.2) is 39.7 Å². The maximum atomic E-state index is 12.7. The molecule has 7 nitrogen and oxygen atoms in total. The number of rotatable bonds is 5. The molecule has 2 aromatic rings. The van der Waals surface area contributed by atoms with E-state index in [0.717, 1.165) is 0 Å². The molecule has 0 bridgehead atoms. The fraction of sp³-hybridized carbons (Fsp3) is 0.286. The van der Waals surface area contributed by atoms with Gasteiger partial charge in [0, 0.05) is 6.42 Å². The van der Waals surface area contributed by atoms with Crippen molar-refractivity contribution in [2.75, 3.05) is 0 Å². The van der Waals surface area contributed by atoms with Crippen molar-refractivity contribution in [1.29, 1.82) is 0 Å². The molecule has 2 amide bonds. The number of nitrogens with zero attached hydrogens (tertiary/aromatic N) is 1. The third-order valence-electron chi connectivity index (χ3n) is 4.02. The summed E-state index contributed by atoms with van der Waals surface area (Å²) in [5.41, 5.74) is 0.348. The van der Waals surface area contributed by atoms with Crippen molar-refractivity contribution in [2.45, 2.75) is 38.9 Å². The number of hydroxylamine groups is 2. The molecule has 0 saturated carbocycles. The number of ether oxygens (including phenoxy) is 1. The van der Waals surface area contributed by atoms with Crippen molar-refractivity contribution >= 4 is 17.8 Å². The first kappa shape index (κ1) is 19.6. The minimum absolute atomic E-state index is 0.0581. The zero-order chi connectivity index (χ0) is 20.5. The topological polar surface area (TPSA) is 93.1 Å². The van der Waals surface area contributed by atoms with Gasteiger partial charge in [0.2, 0.25) is 0 Å². The summed E-state index contributed by atoms with van der Waals surface area (Å²) in [6.45, 7) is 5.14. The van der Waals surface area contributed by atoms with Crippen molar-refractivity contribution in [1.82, 2.24) is 5.06 Å². The highest BCUT2D eigenvalue weighted by molar-refractivity contribution is 6.20. The fourth-order valence-electron chi connectivity index (χ4n) is 2.77. The Morgan fingerprint density at radius 3 is 2.04 bits per heavy atom. The van der Waals surface area contributed by atoms with Crippen molar-refractivity contribution < 1.29 is 29.1 Å². The maximum Gasteiger partial charge on any atom is 0.338 e. The SMILES string of the molecule is CC(C)(C)OC(=O)[C@@H](Cc1ccc(O)cc1)ON1C(=O)c2ccccc2C1=O. The Balaban J connectivity index is 1.85. The molecular weight excluding hydrogens is 362 g/mol. The van der Waals surface area contributed by atoms with Gasteiger partial charge in [0.1, 0.15) is 11.4 Å². The van der Waals surface area contributed by atoms with Crippen LogP contribution in [0.2, 0.25) is 0 Å². The highest BCUT2D eigenvalue weighted by atomic mass is 16.7. The molecule has 0 radical (unpaired) electrons. The number of hydrogen-bond donors (Lipinski definition) is 1. The molecule has 1 aliphatic rings. The Morgan fingerprint density at radius 1 is 1.00 bits per heavy atom. The van der Waals surface area contributed by atoms with E-state index in [1.54, 1.807) is 45.0 Å². The summed E-state index contributed by atoms with van der Waals surface area (Å²) in [5.74, 6) is -1.87. The predicted molar refractivity (Wildman–Crippen MR) is 99.5 cm³/mol. The zero-order valence-electron chi connectivity index (χ0n) is 15.8. The van der Waals surface area contributed by atoms with Crippen LogP contribution in [0.15, 0.2) is 48.5 Å². The fourth-order valence-corrected chi connectivity index (χ4v) is 2.77. The summed E-state index contributed by atoms with van der Waals surface area (Å²) in [7, 11) is 0. The number of carbonyl (C=O) groups is 3. The number of amides is 2. The Bertz CT molecular complexity index is 878. The Hall–Kier alpha value is -3.19. The normalized spacial score (nSPS) is 14.8. The molecule has 1 N–H and O–H groups in total. The number of esters is 1. The van der Waals surface area contributed by atoms with Crippen LogP contribution in [0, 0.1) is 0 Å². The van der Waals surface area contributed by atoms with E-state index in [4.69, 9.17) is 9.57 Å². The molecule has 0 saturated heterocycles. The average Bonchev–Trinajstić information content (AvgIpc) is 2.86. The molecule has 1 atom stereocenters. The van der Waals surface area contributed by atoms with Crippen molar-refractivity contribution in [3.63, 3.8) is 0 Å². The number of imide groups is 1. The van der Waals surface area contributed by atoms with Crippen LogP contribution in [0.3, 0.4) is 0 Å². The number of hydrogen-bond acceptors (Lipinski definition) is 6. The van der Waals surface area contributed by atoms with Gasteiger partial charge >= 0.3 is 5.97 Å². The minimum atomic E-state index is -1.22. The second-order valence-electron chi connectivity index (χ2n) is 7.45. The summed E-state index contributed by atoms with van der Waals surface area (Å²) in [4.78, 5) is 43.3. The molecule has 28 heavy (non-hydrogen) atoms. The number of fused-ring (bicyclic) bond motifs is 1. The average molecular weight is 383 g/mol. The van der Waals surface area contributed by atoms with Gasteiger partial charge in [0.25, 0.3) is 11.8 Å². The molecule has 146 valence electrons. The highest BCUT2D eigenvalue weighted by Crippen LogP contribution is 2.25. The number of phenols is 1. The molecule has 1 heterocycles. The highest BCUT2D eigenvalue weighted by Gasteiger charge is 2.40. The summed E-state index contributed by atoms with van der Waals surface area (Å²) < 4.78 is 5.39. The molecule has 0 unspecified atom stereocenters. The lowest BCUT2D eigenvalue weighted by Gasteiger charge is -2.26. The number of aromatic hydroxyl groups is 1. The van der Waals surface area contributed by atoms with E-state index in [9.17, 15) is 19.5 Å². The lowest BCUT2D eigenvalue weighted by atomic mass is 10.1. The number of benzene rings is 2. The van der Waals surface area contributed by atoms with E-state index in [0.29, 0.717) is 10.6 Å². The quantitative estimate of drug-likeness (QED) is 0.630. The smallest absolute Gasteiger partial charge is 0.338 e. The molecule has 3 rings (SSSR count). The van der Waals surface area contributed by atoms with Crippen LogP contribution in [0.4, 0.5) is 0 Å². The molecule has 0 fully saturated rings. The molecule has 1 aliphatic heterocycles.